The number of hydrogen-bond acceptors (Lipinski definition) is 7. The number of ether oxygens (including phenoxy) is 4. The van der Waals surface area contributed by atoms with Gasteiger partial charge in [-0.05, 0) is 42.0 Å². The Morgan fingerprint density at radius 1 is 1.09 bits per heavy atom. The van der Waals surface area contributed by atoms with Gasteiger partial charge in [0, 0.05) is 25.7 Å². The third kappa shape index (κ3) is 6.77. The van der Waals surface area contributed by atoms with E-state index in [-0.39, 0.29) is 5.13 Å². The van der Waals surface area contributed by atoms with Gasteiger partial charge in [0.15, 0.2) is 10.3 Å². The van der Waals surface area contributed by atoms with Gasteiger partial charge in [0.25, 0.3) is 5.91 Å². The van der Waals surface area contributed by atoms with Crippen LogP contribution in [0.3, 0.4) is 0 Å². The van der Waals surface area contributed by atoms with E-state index in [1.807, 2.05) is 36.4 Å². The maximum atomic E-state index is 13.2. The average Bonchev–Trinajstić information content (AvgIpc) is 3.24. The maximum absolute atomic E-state index is 13.2. The number of anilines is 1. The third-order valence-electron chi connectivity index (χ3n) is 4.56. The van der Waals surface area contributed by atoms with Crippen LogP contribution in [0.1, 0.15) is 27.9 Å². The summed E-state index contributed by atoms with van der Waals surface area (Å²) in [5.41, 5.74) is 1.84. The molecular weight excluding hydrogens is 447 g/mol. The second kappa shape index (κ2) is 12.0. The molecular formula is C24H25FN2O5S. The fourth-order valence-electron chi connectivity index (χ4n) is 3.03. The second-order valence-electron chi connectivity index (χ2n) is 6.82. The highest BCUT2D eigenvalue weighted by atomic mass is 32.1. The number of nitrogens with zero attached hydrogens (tertiary/aromatic N) is 1. The van der Waals surface area contributed by atoms with Gasteiger partial charge in [-0.1, -0.05) is 23.5 Å². The SMILES string of the molecule is COCCCOc1cc(/C=C/c2c(OC)cccc2OC)cc(C(=O)Nc2ncc(F)s2)c1. The van der Waals surface area contributed by atoms with Crippen molar-refractivity contribution in [2.24, 2.45) is 0 Å². The zero-order valence-electron chi connectivity index (χ0n) is 18.6. The molecule has 0 bridgehead atoms. The number of hydrogen-bond donors (Lipinski definition) is 1. The number of amides is 1. The van der Waals surface area contributed by atoms with Gasteiger partial charge in [-0.2, -0.15) is 4.39 Å². The van der Waals surface area contributed by atoms with Gasteiger partial charge in [0.05, 0.1) is 32.6 Å². The minimum absolute atomic E-state index is 0.180. The van der Waals surface area contributed by atoms with Crippen LogP contribution in [0, 0.1) is 5.13 Å². The summed E-state index contributed by atoms with van der Waals surface area (Å²) in [6.45, 7) is 0.996. The molecule has 0 unspecified atom stereocenters. The summed E-state index contributed by atoms with van der Waals surface area (Å²) in [7, 11) is 4.80. The van der Waals surface area contributed by atoms with Crippen LogP contribution < -0.4 is 19.5 Å². The molecule has 33 heavy (non-hydrogen) atoms. The van der Waals surface area contributed by atoms with Crippen LogP contribution in [0.5, 0.6) is 17.2 Å². The lowest BCUT2D eigenvalue weighted by atomic mass is 10.1. The molecule has 1 amide bonds. The number of halogens is 1. The Labute approximate surface area is 195 Å². The number of carbonyl (C=O) groups is 1. The Morgan fingerprint density at radius 2 is 1.85 bits per heavy atom. The monoisotopic (exact) mass is 472 g/mol. The van der Waals surface area contributed by atoms with Gasteiger partial charge < -0.3 is 18.9 Å². The van der Waals surface area contributed by atoms with E-state index in [0.29, 0.717) is 42.4 Å². The summed E-state index contributed by atoms with van der Waals surface area (Å²) >= 11 is 0.758. The Kier molecular flexibility index (Phi) is 8.79. The Bertz CT molecular complexity index is 1090. The van der Waals surface area contributed by atoms with Crippen molar-refractivity contribution in [3.05, 3.63) is 64.4 Å². The quantitative estimate of drug-likeness (QED) is 0.308. The number of thiazole rings is 1. The lowest BCUT2D eigenvalue weighted by Gasteiger charge is -2.11. The van der Waals surface area contributed by atoms with E-state index < -0.39 is 11.0 Å². The van der Waals surface area contributed by atoms with Crippen molar-refractivity contribution in [1.82, 2.24) is 4.98 Å². The van der Waals surface area contributed by atoms with Crippen LogP contribution in [-0.4, -0.2) is 45.4 Å². The topological polar surface area (TPSA) is 78.9 Å². The first kappa shape index (κ1) is 24.2. The van der Waals surface area contributed by atoms with E-state index >= 15 is 0 Å². The van der Waals surface area contributed by atoms with Crippen LogP contribution in [0.25, 0.3) is 12.2 Å². The standard InChI is InChI=1S/C24H25FN2O5S/c1-29-10-5-11-32-18-13-16(8-9-19-20(30-2)6-4-7-21(19)31-3)12-17(14-18)23(28)27-24-26-15-22(25)33-24/h4,6-9,12-15H,5,10-11H2,1-3H3,(H,26,27,28)/b9-8+. The van der Waals surface area contributed by atoms with E-state index in [1.165, 1.54) is 0 Å². The molecule has 1 heterocycles. The Morgan fingerprint density at radius 3 is 2.48 bits per heavy atom. The molecule has 1 aromatic heterocycles. The number of aromatic nitrogens is 1. The van der Waals surface area contributed by atoms with Crippen LogP contribution in [0.2, 0.25) is 0 Å². The minimum Gasteiger partial charge on any atom is -0.496 e. The first-order valence-electron chi connectivity index (χ1n) is 10.1. The molecule has 0 aliphatic rings. The van der Waals surface area contributed by atoms with Gasteiger partial charge >= 0.3 is 0 Å². The third-order valence-corrected chi connectivity index (χ3v) is 5.26. The number of nitrogens with one attached hydrogen (secondary N) is 1. The smallest absolute Gasteiger partial charge is 0.257 e. The lowest BCUT2D eigenvalue weighted by Crippen LogP contribution is -2.12. The van der Waals surface area contributed by atoms with Crippen LogP contribution in [-0.2, 0) is 4.74 Å². The molecule has 0 fully saturated rings. The van der Waals surface area contributed by atoms with Gasteiger partial charge in [0.1, 0.15) is 17.2 Å². The van der Waals surface area contributed by atoms with E-state index in [9.17, 15) is 9.18 Å². The van der Waals surface area contributed by atoms with Crippen LogP contribution >= 0.6 is 11.3 Å². The molecule has 0 saturated carbocycles. The number of benzene rings is 2. The molecule has 0 spiro atoms. The number of methoxy groups -OCH3 is 3. The van der Waals surface area contributed by atoms with Crippen LogP contribution in [0.15, 0.2) is 42.6 Å². The molecule has 2 aromatic carbocycles. The fraction of sp³-hybridized carbons (Fsp3) is 0.250. The van der Waals surface area contributed by atoms with Crippen molar-refractivity contribution < 1.29 is 28.1 Å². The summed E-state index contributed by atoms with van der Waals surface area (Å²) in [4.78, 5) is 16.6. The highest BCUT2D eigenvalue weighted by molar-refractivity contribution is 7.14. The van der Waals surface area contributed by atoms with Gasteiger partial charge in [-0.15, -0.1) is 0 Å². The molecule has 0 aliphatic carbocycles. The minimum atomic E-state index is -0.477. The fourth-order valence-corrected chi connectivity index (χ4v) is 3.57. The van der Waals surface area contributed by atoms with Crippen LogP contribution in [0.4, 0.5) is 9.52 Å². The summed E-state index contributed by atoms with van der Waals surface area (Å²) in [6.07, 6.45) is 5.45. The summed E-state index contributed by atoms with van der Waals surface area (Å²) in [6, 6.07) is 10.7. The molecule has 0 radical (unpaired) electrons. The van der Waals surface area contributed by atoms with Gasteiger partial charge in [0.2, 0.25) is 0 Å². The normalized spacial score (nSPS) is 10.9. The Balaban J connectivity index is 1.90. The highest BCUT2D eigenvalue weighted by Gasteiger charge is 2.13. The van der Waals surface area contributed by atoms with Crippen molar-refractivity contribution >= 4 is 34.5 Å². The number of carbonyl (C=O) groups excluding carboxylic acids is 1. The van der Waals surface area contributed by atoms with E-state index in [0.717, 1.165) is 28.7 Å². The predicted molar refractivity (Wildman–Crippen MR) is 127 cm³/mol. The molecule has 3 aromatic rings. The lowest BCUT2D eigenvalue weighted by molar-refractivity contribution is 0.102. The Hall–Kier alpha value is -3.43. The highest BCUT2D eigenvalue weighted by Crippen LogP contribution is 2.31. The van der Waals surface area contributed by atoms with Gasteiger partial charge in [-0.3, -0.25) is 10.1 Å². The summed E-state index contributed by atoms with van der Waals surface area (Å²) in [5, 5.41) is 2.31. The van der Waals surface area contributed by atoms with E-state index in [2.05, 4.69) is 10.3 Å². The summed E-state index contributed by atoms with van der Waals surface area (Å²) in [5.74, 6) is 1.41. The predicted octanol–water partition coefficient (Wildman–Crippen LogP) is 5.14. The molecule has 3 rings (SSSR count). The van der Waals surface area contributed by atoms with Crippen molar-refractivity contribution in [3.8, 4) is 17.2 Å². The molecule has 0 atom stereocenters. The molecule has 174 valence electrons. The second-order valence-corrected chi connectivity index (χ2v) is 7.80. The van der Waals surface area contributed by atoms with Gasteiger partial charge in [-0.25, -0.2) is 4.98 Å². The molecule has 7 nitrogen and oxygen atoms in total. The van der Waals surface area contributed by atoms with Crippen molar-refractivity contribution in [2.75, 3.05) is 39.9 Å². The van der Waals surface area contributed by atoms with E-state index in [4.69, 9.17) is 18.9 Å². The molecule has 9 heteroatoms. The largest absolute Gasteiger partial charge is 0.496 e. The molecule has 0 aliphatic heterocycles. The zero-order valence-corrected chi connectivity index (χ0v) is 19.4. The first-order valence-corrected chi connectivity index (χ1v) is 10.9. The number of rotatable bonds is 11. The van der Waals surface area contributed by atoms with E-state index in [1.54, 1.807) is 33.5 Å². The zero-order chi connectivity index (χ0) is 23.6. The molecule has 0 saturated heterocycles. The van der Waals surface area contributed by atoms with Crippen molar-refractivity contribution in [1.29, 1.82) is 0 Å². The molecule has 1 N–H and O–H groups in total. The maximum Gasteiger partial charge on any atom is 0.257 e. The average molecular weight is 473 g/mol. The first-order chi connectivity index (χ1) is 16.0. The van der Waals surface area contributed by atoms with Crippen molar-refractivity contribution in [3.63, 3.8) is 0 Å². The van der Waals surface area contributed by atoms with Crippen molar-refractivity contribution in [2.45, 2.75) is 6.42 Å². The summed E-state index contributed by atoms with van der Waals surface area (Å²) < 4.78 is 35.0.